The molecule has 0 fully saturated rings. The highest BCUT2D eigenvalue weighted by atomic mass is 35.5. The van der Waals surface area contributed by atoms with Gasteiger partial charge in [-0.05, 0) is 48.9 Å². The van der Waals surface area contributed by atoms with Gasteiger partial charge in [-0.1, -0.05) is 17.7 Å². The number of aromatic amines is 1. The van der Waals surface area contributed by atoms with Gasteiger partial charge in [0.05, 0.1) is 16.8 Å². The highest BCUT2D eigenvalue weighted by Crippen LogP contribution is 2.36. The van der Waals surface area contributed by atoms with Crippen LogP contribution >= 0.6 is 11.6 Å². The number of nitrogens with zero attached hydrogens (tertiary/aromatic N) is 4. The number of rotatable bonds is 7. The molecule has 5 aromatic rings. The van der Waals surface area contributed by atoms with E-state index in [0.29, 0.717) is 35.3 Å². The fourth-order valence-electron chi connectivity index (χ4n) is 3.73. The highest BCUT2D eigenvalue weighted by molar-refractivity contribution is 6.31. The van der Waals surface area contributed by atoms with Gasteiger partial charge in [0.25, 0.3) is 0 Å². The van der Waals surface area contributed by atoms with Gasteiger partial charge < -0.3 is 15.1 Å². The lowest BCUT2D eigenvalue weighted by Gasteiger charge is -2.12. The molecule has 10 nitrogen and oxygen atoms in total. The van der Waals surface area contributed by atoms with E-state index >= 15 is 0 Å². The standard InChI is InChI=1S/C26H20ClF3N8O2/c1-14-9-22(35-24-12-19(37-38-24)20-3-2-8-40-20)34-23(32-14)10-15-4-7-21(31-13-15)36-25(39)33-16-5-6-18(27)17(11-16)26(28,29)30/h2-9,11-13H,10H2,1H3,(H2,31,33,36,39)(H2,32,34,35,37,38). The minimum atomic E-state index is -4.65. The number of hydrogen-bond donors (Lipinski definition) is 4. The quantitative estimate of drug-likeness (QED) is 0.169. The zero-order chi connectivity index (χ0) is 28.3. The Labute approximate surface area is 230 Å². The van der Waals surface area contributed by atoms with Crippen LogP contribution < -0.4 is 16.0 Å². The smallest absolute Gasteiger partial charge is 0.417 e. The van der Waals surface area contributed by atoms with Gasteiger partial charge in [-0.25, -0.2) is 19.7 Å². The van der Waals surface area contributed by atoms with E-state index in [1.165, 1.54) is 6.07 Å². The minimum absolute atomic E-state index is 0.0705. The zero-order valence-corrected chi connectivity index (χ0v) is 21.4. The number of furan rings is 1. The zero-order valence-electron chi connectivity index (χ0n) is 20.7. The van der Waals surface area contributed by atoms with Gasteiger partial charge in [0.1, 0.15) is 23.2 Å². The van der Waals surface area contributed by atoms with Crippen molar-refractivity contribution >= 4 is 40.8 Å². The number of carbonyl (C=O) groups is 1. The molecule has 0 atom stereocenters. The van der Waals surface area contributed by atoms with Crippen LogP contribution in [-0.4, -0.2) is 31.2 Å². The third kappa shape index (κ3) is 6.56. The van der Waals surface area contributed by atoms with E-state index in [1.807, 2.05) is 13.0 Å². The van der Waals surface area contributed by atoms with Crippen LogP contribution in [0.15, 0.2) is 71.5 Å². The molecular formula is C26H20ClF3N8O2. The molecule has 0 saturated carbocycles. The third-order valence-corrected chi connectivity index (χ3v) is 5.81. The second-order valence-corrected chi connectivity index (χ2v) is 8.99. The number of H-pyrrole nitrogens is 1. The van der Waals surface area contributed by atoms with Gasteiger partial charge in [0.2, 0.25) is 0 Å². The van der Waals surface area contributed by atoms with Gasteiger partial charge in [0, 0.05) is 36.1 Å². The molecule has 0 aliphatic carbocycles. The van der Waals surface area contributed by atoms with Gasteiger partial charge in [-0.15, -0.1) is 0 Å². The number of urea groups is 1. The maximum atomic E-state index is 13.1. The molecule has 0 aliphatic rings. The SMILES string of the molecule is Cc1cc(Nc2cc(-c3ccco3)[nH]n2)nc(Cc2ccc(NC(=O)Nc3ccc(Cl)c(C(F)(F)F)c3)nc2)n1. The summed E-state index contributed by atoms with van der Waals surface area (Å²) in [5.41, 5.74) is 1.11. The monoisotopic (exact) mass is 568 g/mol. The average Bonchev–Trinajstić information content (AvgIpc) is 3.58. The number of halogens is 4. The molecule has 4 N–H and O–H groups in total. The summed E-state index contributed by atoms with van der Waals surface area (Å²) in [6, 6.07) is 12.8. The predicted octanol–water partition coefficient (Wildman–Crippen LogP) is 6.81. The number of carbonyl (C=O) groups excluding carboxylic acids is 1. The molecule has 2 amide bonds. The Bertz CT molecular complexity index is 1640. The Morgan fingerprint density at radius 2 is 1.88 bits per heavy atom. The van der Waals surface area contributed by atoms with Gasteiger partial charge >= 0.3 is 12.2 Å². The van der Waals surface area contributed by atoms with Gasteiger partial charge in [-0.2, -0.15) is 18.3 Å². The average molecular weight is 569 g/mol. The van der Waals surface area contributed by atoms with Gasteiger partial charge in [-0.3, -0.25) is 10.4 Å². The van der Waals surface area contributed by atoms with Crippen LogP contribution in [0.25, 0.3) is 11.5 Å². The molecule has 0 aliphatic heterocycles. The fourth-order valence-corrected chi connectivity index (χ4v) is 3.96. The fraction of sp³-hybridized carbons (Fsp3) is 0.115. The molecule has 0 radical (unpaired) electrons. The molecule has 0 spiro atoms. The molecule has 4 aromatic heterocycles. The number of nitrogens with one attached hydrogen (secondary N) is 4. The van der Waals surface area contributed by atoms with E-state index in [1.54, 1.807) is 42.8 Å². The summed E-state index contributed by atoms with van der Waals surface area (Å²) in [5, 5.41) is 14.6. The van der Waals surface area contributed by atoms with Crippen LogP contribution in [0.4, 0.5) is 41.1 Å². The molecule has 4 heterocycles. The summed E-state index contributed by atoms with van der Waals surface area (Å²) in [6.45, 7) is 1.84. The predicted molar refractivity (Wildman–Crippen MR) is 142 cm³/mol. The van der Waals surface area contributed by atoms with Crippen molar-refractivity contribution in [1.82, 2.24) is 25.1 Å². The molecule has 0 bridgehead atoms. The molecule has 14 heteroatoms. The largest absolute Gasteiger partial charge is 0.463 e. The third-order valence-electron chi connectivity index (χ3n) is 5.48. The number of alkyl halides is 3. The number of pyridine rings is 1. The van der Waals surface area contributed by atoms with Crippen molar-refractivity contribution in [2.24, 2.45) is 0 Å². The summed E-state index contributed by atoms with van der Waals surface area (Å²) in [4.78, 5) is 25.5. The first-order chi connectivity index (χ1) is 19.1. The van der Waals surface area contributed by atoms with Crippen LogP contribution in [0.2, 0.25) is 5.02 Å². The first kappa shape index (κ1) is 26.7. The number of amides is 2. The van der Waals surface area contributed by atoms with E-state index in [0.717, 1.165) is 23.4 Å². The topological polar surface area (TPSA) is 134 Å². The van der Waals surface area contributed by atoms with Crippen LogP contribution in [0, 0.1) is 6.92 Å². The second-order valence-electron chi connectivity index (χ2n) is 8.58. The number of aryl methyl sites for hydroxylation is 1. The van der Waals surface area contributed by atoms with Crippen LogP contribution in [0.3, 0.4) is 0 Å². The number of benzene rings is 1. The number of anilines is 4. The van der Waals surface area contributed by atoms with E-state index in [9.17, 15) is 18.0 Å². The Balaban J connectivity index is 1.20. The molecule has 204 valence electrons. The lowest BCUT2D eigenvalue weighted by atomic mass is 10.2. The van der Waals surface area contributed by atoms with Crippen molar-refractivity contribution in [2.45, 2.75) is 19.5 Å². The summed E-state index contributed by atoms with van der Waals surface area (Å²) in [5.74, 6) is 2.50. The second kappa shape index (κ2) is 11.1. The van der Waals surface area contributed by atoms with Crippen molar-refractivity contribution in [1.29, 1.82) is 0 Å². The first-order valence-corrected chi connectivity index (χ1v) is 12.1. The maximum Gasteiger partial charge on any atom is 0.417 e. The Morgan fingerprint density at radius 1 is 1.02 bits per heavy atom. The molecule has 5 rings (SSSR count). The molecule has 40 heavy (non-hydrogen) atoms. The highest BCUT2D eigenvalue weighted by Gasteiger charge is 2.33. The number of hydrogen-bond acceptors (Lipinski definition) is 7. The summed E-state index contributed by atoms with van der Waals surface area (Å²) < 4.78 is 44.5. The summed E-state index contributed by atoms with van der Waals surface area (Å²) in [6.07, 6.45) is -1.17. The molecular weight excluding hydrogens is 549 g/mol. The van der Waals surface area contributed by atoms with E-state index in [-0.39, 0.29) is 11.5 Å². The van der Waals surface area contributed by atoms with E-state index < -0.39 is 22.8 Å². The van der Waals surface area contributed by atoms with E-state index in [2.05, 4.69) is 41.1 Å². The Kier molecular flexibility index (Phi) is 7.38. The van der Waals surface area contributed by atoms with Crippen molar-refractivity contribution in [3.8, 4) is 11.5 Å². The molecule has 1 aromatic carbocycles. The molecule has 0 saturated heterocycles. The summed E-state index contributed by atoms with van der Waals surface area (Å²) >= 11 is 5.61. The van der Waals surface area contributed by atoms with Crippen LogP contribution in [-0.2, 0) is 12.6 Å². The van der Waals surface area contributed by atoms with E-state index in [4.69, 9.17) is 16.0 Å². The first-order valence-electron chi connectivity index (χ1n) is 11.7. The van der Waals surface area contributed by atoms with Crippen LogP contribution in [0.5, 0.6) is 0 Å². The van der Waals surface area contributed by atoms with Crippen molar-refractivity contribution in [3.05, 3.63) is 94.7 Å². The van der Waals surface area contributed by atoms with Gasteiger partial charge in [0.15, 0.2) is 11.6 Å². The van der Waals surface area contributed by atoms with Crippen molar-refractivity contribution in [2.75, 3.05) is 16.0 Å². The minimum Gasteiger partial charge on any atom is -0.463 e. The molecule has 0 unspecified atom stereocenters. The summed E-state index contributed by atoms with van der Waals surface area (Å²) in [7, 11) is 0. The van der Waals surface area contributed by atoms with Crippen molar-refractivity contribution < 1.29 is 22.4 Å². The maximum absolute atomic E-state index is 13.1. The Hall–Kier alpha value is -4.91. The lowest BCUT2D eigenvalue weighted by molar-refractivity contribution is -0.137. The lowest BCUT2D eigenvalue weighted by Crippen LogP contribution is -2.20. The van der Waals surface area contributed by atoms with Crippen LogP contribution in [0.1, 0.15) is 22.6 Å². The van der Waals surface area contributed by atoms with Crippen molar-refractivity contribution in [3.63, 3.8) is 0 Å². The normalized spacial score (nSPS) is 11.3. The Morgan fingerprint density at radius 3 is 2.60 bits per heavy atom. The number of aromatic nitrogens is 5.